The van der Waals surface area contributed by atoms with Crippen LogP contribution in [0.2, 0.25) is 0 Å². The summed E-state index contributed by atoms with van der Waals surface area (Å²) in [6, 6.07) is 2.11. The molecule has 0 spiro atoms. The maximum absolute atomic E-state index is 5.91. The van der Waals surface area contributed by atoms with E-state index in [1.165, 1.54) is 37.8 Å². The standard InChI is InChI=1S/C13H23N3/c1-16-13(8-9-15-16)7-6-12(10-14)11-4-2-3-5-11/h8-9,11-12H,2-7,10,14H2,1H3. The van der Waals surface area contributed by atoms with Gasteiger partial charge < -0.3 is 5.73 Å². The lowest BCUT2D eigenvalue weighted by Gasteiger charge is -2.21. The van der Waals surface area contributed by atoms with Crippen LogP contribution in [0.5, 0.6) is 0 Å². The van der Waals surface area contributed by atoms with E-state index in [0.717, 1.165) is 24.8 Å². The Kier molecular flexibility index (Phi) is 3.99. The van der Waals surface area contributed by atoms with Crippen molar-refractivity contribution < 1.29 is 0 Å². The van der Waals surface area contributed by atoms with Crippen LogP contribution in [0.3, 0.4) is 0 Å². The Morgan fingerprint density at radius 3 is 2.81 bits per heavy atom. The second-order valence-electron chi connectivity index (χ2n) is 5.03. The summed E-state index contributed by atoms with van der Waals surface area (Å²) in [6.45, 7) is 0.850. The number of aryl methyl sites for hydroxylation is 2. The molecule has 1 atom stereocenters. The molecule has 1 aliphatic rings. The fourth-order valence-electron chi connectivity index (χ4n) is 2.95. The molecule has 90 valence electrons. The van der Waals surface area contributed by atoms with Gasteiger partial charge in [-0.05, 0) is 37.3 Å². The molecule has 3 heteroatoms. The molecule has 1 aromatic rings. The van der Waals surface area contributed by atoms with Crippen LogP contribution in [-0.4, -0.2) is 16.3 Å². The second-order valence-corrected chi connectivity index (χ2v) is 5.03. The van der Waals surface area contributed by atoms with Crippen LogP contribution >= 0.6 is 0 Å². The van der Waals surface area contributed by atoms with Crippen molar-refractivity contribution in [3.8, 4) is 0 Å². The first-order chi connectivity index (χ1) is 7.81. The molecule has 0 saturated heterocycles. The number of nitrogens with zero attached hydrogens (tertiary/aromatic N) is 2. The minimum absolute atomic E-state index is 0.720. The summed E-state index contributed by atoms with van der Waals surface area (Å²) < 4.78 is 1.97. The SMILES string of the molecule is Cn1nccc1CCC(CN)C1CCCC1. The quantitative estimate of drug-likeness (QED) is 0.827. The summed E-state index contributed by atoms with van der Waals surface area (Å²) in [4.78, 5) is 0. The molecular formula is C13H23N3. The van der Waals surface area contributed by atoms with Crippen LogP contribution < -0.4 is 5.73 Å². The van der Waals surface area contributed by atoms with Gasteiger partial charge in [0.2, 0.25) is 0 Å². The van der Waals surface area contributed by atoms with Gasteiger partial charge in [-0.2, -0.15) is 5.10 Å². The van der Waals surface area contributed by atoms with Crippen molar-refractivity contribution in [1.29, 1.82) is 0 Å². The second kappa shape index (κ2) is 5.48. The first-order valence-electron chi connectivity index (χ1n) is 6.48. The van der Waals surface area contributed by atoms with Crippen LogP contribution in [0, 0.1) is 11.8 Å². The highest BCUT2D eigenvalue weighted by atomic mass is 15.2. The lowest BCUT2D eigenvalue weighted by Crippen LogP contribution is -2.22. The fourth-order valence-corrected chi connectivity index (χ4v) is 2.95. The van der Waals surface area contributed by atoms with Crippen LogP contribution in [-0.2, 0) is 13.5 Å². The molecule has 3 nitrogen and oxygen atoms in total. The number of hydrogen-bond donors (Lipinski definition) is 1. The van der Waals surface area contributed by atoms with Gasteiger partial charge in [-0.25, -0.2) is 0 Å². The number of nitrogens with two attached hydrogens (primary N) is 1. The fraction of sp³-hybridized carbons (Fsp3) is 0.769. The van der Waals surface area contributed by atoms with Gasteiger partial charge in [0, 0.05) is 18.9 Å². The largest absolute Gasteiger partial charge is 0.330 e. The average molecular weight is 221 g/mol. The molecule has 0 radical (unpaired) electrons. The van der Waals surface area contributed by atoms with E-state index in [9.17, 15) is 0 Å². The molecule has 0 amide bonds. The first kappa shape index (κ1) is 11.6. The Balaban J connectivity index is 1.85. The molecule has 1 aromatic heterocycles. The Morgan fingerprint density at radius 1 is 1.50 bits per heavy atom. The van der Waals surface area contributed by atoms with E-state index >= 15 is 0 Å². The third kappa shape index (κ3) is 2.64. The molecule has 1 fully saturated rings. The van der Waals surface area contributed by atoms with Crippen molar-refractivity contribution in [2.45, 2.75) is 38.5 Å². The molecule has 1 unspecified atom stereocenters. The van der Waals surface area contributed by atoms with Gasteiger partial charge in [-0.1, -0.05) is 25.7 Å². The summed E-state index contributed by atoms with van der Waals surface area (Å²) in [5.74, 6) is 1.61. The molecule has 0 bridgehead atoms. The highest BCUT2D eigenvalue weighted by Gasteiger charge is 2.23. The Labute approximate surface area is 98.0 Å². The van der Waals surface area contributed by atoms with E-state index in [-0.39, 0.29) is 0 Å². The molecule has 0 aromatic carbocycles. The summed E-state index contributed by atoms with van der Waals surface area (Å²) in [5.41, 5.74) is 7.24. The minimum atomic E-state index is 0.720. The van der Waals surface area contributed by atoms with E-state index in [1.807, 2.05) is 17.9 Å². The highest BCUT2D eigenvalue weighted by molar-refractivity contribution is 5.00. The van der Waals surface area contributed by atoms with E-state index in [1.54, 1.807) is 0 Å². The van der Waals surface area contributed by atoms with Crippen LogP contribution in [0.1, 0.15) is 37.8 Å². The molecular weight excluding hydrogens is 198 g/mol. The van der Waals surface area contributed by atoms with Crippen molar-refractivity contribution in [3.05, 3.63) is 18.0 Å². The normalized spacial score (nSPS) is 19.1. The molecule has 2 rings (SSSR count). The maximum atomic E-state index is 5.91. The topological polar surface area (TPSA) is 43.8 Å². The van der Waals surface area contributed by atoms with E-state index in [4.69, 9.17) is 5.73 Å². The van der Waals surface area contributed by atoms with Crippen molar-refractivity contribution in [2.75, 3.05) is 6.54 Å². The van der Waals surface area contributed by atoms with Gasteiger partial charge in [0.05, 0.1) is 0 Å². The summed E-state index contributed by atoms with van der Waals surface area (Å²) in [5, 5.41) is 4.20. The first-order valence-corrected chi connectivity index (χ1v) is 6.48. The predicted octanol–water partition coefficient (Wildman–Crippen LogP) is 2.12. The van der Waals surface area contributed by atoms with Crippen LogP contribution in [0.4, 0.5) is 0 Å². The van der Waals surface area contributed by atoms with Gasteiger partial charge in [0.25, 0.3) is 0 Å². The van der Waals surface area contributed by atoms with Gasteiger partial charge in [-0.15, -0.1) is 0 Å². The monoisotopic (exact) mass is 221 g/mol. The summed E-state index contributed by atoms with van der Waals surface area (Å²) in [6.07, 6.45) is 9.83. The van der Waals surface area contributed by atoms with Crippen molar-refractivity contribution >= 4 is 0 Å². The van der Waals surface area contributed by atoms with Gasteiger partial charge in [0.1, 0.15) is 0 Å². The van der Waals surface area contributed by atoms with E-state index in [2.05, 4.69) is 11.2 Å². The van der Waals surface area contributed by atoms with E-state index in [0.29, 0.717) is 0 Å². The summed E-state index contributed by atoms with van der Waals surface area (Å²) in [7, 11) is 2.02. The summed E-state index contributed by atoms with van der Waals surface area (Å²) >= 11 is 0. The Hall–Kier alpha value is -0.830. The van der Waals surface area contributed by atoms with Crippen molar-refractivity contribution in [3.63, 3.8) is 0 Å². The van der Waals surface area contributed by atoms with Gasteiger partial charge >= 0.3 is 0 Å². The minimum Gasteiger partial charge on any atom is -0.330 e. The number of aromatic nitrogens is 2. The van der Waals surface area contributed by atoms with Gasteiger partial charge in [0.15, 0.2) is 0 Å². The zero-order valence-corrected chi connectivity index (χ0v) is 10.2. The molecule has 1 aliphatic carbocycles. The lowest BCUT2D eigenvalue weighted by molar-refractivity contribution is 0.324. The Morgan fingerprint density at radius 2 is 2.25 bits per heavy atom. The number of hydrogen-bond acceptors (Lipinski definition) is 2. The van der Waals surface area contributed by atoms with Crippen molar-refractivity contribution in [1.82, 2.24) is 9.78 Å². The number of rotatable bonds is 5. The molecule has 16 heavy (non-hydrogen) atoms. The van der Waals surface area contributed by atoms with E-state index < -0.39 is 0 Å². The van der Waals surface area contributed by atoms with Crippen LogP contribution in [0.15, 0.2) is 12.3 Å². The lowest BCUT2D eigenvalue weighted by atomic mass is 9.87. The zero-order valence-electron chi connectivity index (χ0n) is 10.2. The third-order valence-electron chi connectivity index (χ3n) is 4.06. The Bertz CT molecular complexity index is 313. The smallest absolute Gasteiger partial charge is 0.0492 e. The maximum Gasteiger partial charge on any atom is 0.0492 e. The van der Waals surface area contributed by atoms with Crippen LogP contribution in [0.25, 0.3) is 0 Å². The van der Waals surface area contributed by atoms with Crippen molar-refractivity contribution in [2.24, 2.45) is 24.6 Å². The third-order valence-corrected chi connectivity index (χ3v) is 4.06. The predicted molar refractivity (Wildman–Crippen MR) is 66.0 cm³/mol. The average Bonchev–Trinajstić information content (AvgIpc) is 2.92. The molecule has 0 aliphatic heterocycles. The molecule has 2 N–H and O–H groups in total. The molecule has 1 heterocycles. The zero-order chi connectivity index (χ0) is 11.4. The van der Waals surface area contributed by atoms with Gasteiger partial charge in [-0.3, -0.25) is 4.68 Å². The molecule has 1 saturated carbocycles. The highest BCUT2D eigenvalue weighted by Crippen LogP contribution is 2.33.